The van der Waals surface area contributed by atoms with Crippen LogP contribution in [0, 0.1) is 0 Å². The predicted octanol–water partition coefficient (Wildman–Crippen LogP) is 1.72. The molecule has 0 radical (unpaired) electrons. The zero-order valence-corrected chi connectivity index (χ0v) is 15.3. The summed E-state index contributed by atoms with van der Waals surface area (Å²) >= 11 is 1.46. The van der Waals surface area contributed by atoms with Crippen molar-refractivity contribution in [2.75, 3.05) is 37.6 Å². The Bertz CT molecular complexity index is 446. The maximum Gasteiger partial charge on any atom is 0.222 e. The SMILES string of the molecule is CCc1nsc(N2CCCN(C(=O)CCCN)CC2)n1.Cl.Cl. The number of halogens is 2. The van der Waals surface area contributed by atoms with Gasteiger partial charge in [-0.15, -0.1) is 24.8 Å². The van der Waals surface area contributed by atoms with Crippen LogP contribution in [0.25, 0.3) is 0 Å². The van der Waals surface area contributed by atoms with E-state index in [2.05, 4.69) is 21.2 Å². The Balaban J connectivity index is 0.00000220. The number of carbonyl (C=O) groups excluding carboxylic acids is 1. The average molecular weight is 370 g/mol. The normalized spacial score (nSPS) is 14.8. The van der Waals surface area contributed by atoms with Crippen LogP contribution in [0.3, 0.4) is 0 Å². The summed E-state index contributed by atoms with van der Waals surface area (Å²) in [6.45, 7) is 6.03. The Labute approximate surface area is 148 Å². The van der Waals surface area contributed by atoms with E-state index < -0.39 is 0 Å². The van der Waals surface area contributed by atoms with Gasteiger partial charge >= 0.3 is 0 Å². The monoisotopic (exact) mass is 369 g/mol. The third-order valence-electron chi connectivity index (χ3n) is 3.49. The molecule has 0 saturated carbocycles. The summed E-state index contributed by atoms with van der Waals surface area (Å²) in [5.74, 6) is 1.13. The van der Waals surface area contributed by atoms with Gasteiger partial charge in [-0.05, 0) is 19.4 Å². The second-order valence-electron chi connectivity index (χ2n) is 4.96. The van der Waals surface area contributed by atoms with Crippen LogP contribution >= 0.6 is 36.3 Å². The van der Waals surface area contributed by atoms with E-state index in [9.17, 15) is 4.79 Å². The summed E-state index contributed by atoms with van der Waals surface area (Å²) in [4.78, 5) is 20.8. The van der Waals surface area contributed by atoms with Gasteiger partial charge in [-0.2, -0.15) is 4.37 Å². The number of anilines is 1. The number of hydrogen-bond donors (Lipinski definition) is 1. The molecule has 0 unspecified atom stereocenters. The second-order valence-corrected chi connectivity index (χ2v) is 5.69. The molecule has 0 aliphatic carbocycles. The lowest BCUT2D eigenvalue weighted by atomic mass is 10.2. The molecule has 1 amide bonds. The fourth-order valence-electron chi connectivity index (χ4n) is 2.29. The molecule has 1 aliphatic rings. The first kappa shape index (κ1) is 21.4. The highest BCUT2D eigenvalue weighted by molar-refractivity contribution is 7.09. The quantitative estimate of drug-likeness (QED) is 0.854. The van der Waals surface area contributed by atoms with Crippen LogP contribution in [0.1, 0.15) is 32.0 Å². The summed E-state index contributed by atoms with van der Waals surface area (Å²) in [6, 6.07) is 0. The van der Waals surface area contributed by atoms with Crippen LogP contribution in [0.4, 0.5) is 5.13 Å². The number of aryl methyl sites for hydroxylation is 1. The second kappa shape index (κ2) is 11.0. The van der Waals surface area contributed by atoms with Gasteiger partial charge in [0.2, 0.25) is 11.0 Å². The van der Waals surface area contributed by atoms with Crippen molar-refractivity contribution in [1.82, 2.24) is 14.3 Å². The van der Waals surface area contributed by atoms with Crippen LogP contribution in [0.2, 0.25) is 0 Å². The minimum absolute atomic E-state index is 0. The number of nitrogens with two attached hydrogens (primary N) is 1. The molecular weight excluding hydrogens is 345 g/mol. The van der Waals surface area contributed by atoms with Crippen molar-refractivity contribution >= 4 is 47.4 Å². The molecule has 22 heavy (non-hydrogen) atoms. The number of rotatable bonds is 5. The van der Waals surface area contributed by atoms with Gasteiger partial charge in [0.05, 0.1) is 0 Å². The van der Waals surface area contributed by atoms with Gasteiger partial charge in [-0.3, -0.25) is 4.79 Å². The highest BCUT2D eigenvalue weighted by Gasteiger charge is 2.20. The lowest BCUT2D eigenvalue weighted by Crippen LogP contribution is -2.35. The molecule has 1 aromatic heterocycles. The lowest BCUT2D eigenvalue weighted by Gasteiger charge is -2.21. The van der Waals surface area contributed by atoms with Crippen LogP contribution in [0.5, 0.6) is 0 Å². The molecule has 2 heterocycles. The van der Waals surface area contributed by atoms with Crippen molar-refractivity contribution in [3.05, 3.63) is 5.82 Å². The van der Waals surface area contributed by atoms with Gasteiger partial charge in [-0.1, -0.05) is 6.92 Å². The lowest BCUT2D eigenvalue weighted by molar-refractivity contribution is -0.131. The number of amides is 1. The first-order valence-electron chi connectivity index (χ1n) is 7.30. The van der Waals surface area contributed by atoms with Crippen molar-refractivity contribution < 1.29 is 4.79 Å². The predicted molar refractivity (Wildman–Crippen MR) is 95.5 cm³/mol. The molecule has 0 spiro atoms. The summed E-state index contributed by atoms with van der Waals surface area (Å²) in [7, 11) is 0. The summed E-state index contributed by atoms with van der Waals surface area (Å²) in [5, 5.41) is 0.984. The highest BCUT2D eigenvalue weighted by atomic mass is 35.5. The summed E-state index contributed by atoms with van der Waals surface area (Å²) in [6.07, 6.45) is 3.19. The molecule has 6 nitrogen and oxygen atoms in total. The van der Waals surface area contributed by atoms with Crippen molar-refractivity contribution in [3.8, 4) is 0 Å². The van der Waals surface area contributed by atoms with Crippen LogP contribution in [0.15, 0.2) is 0 Å². The zero-order chi connectivity index (χ0) is 14.4. The fourth-order valence-corrected chi connectivity index (χ4v) is 3.09. The smallest absolute Gasteiger partial charge is 0.222 e. The Morgan fingerprint density at radius 1 is 1.27 bits per heavy atom. The summed E-state index contributed by atoms with van der Waals surface area (Å²) in [5.41, 5.74) is 5.46. The van der Waals surface area contributed by atoms with E-state index in [0.29, 0.717) is 13.0 Å². The number of aromatic nitrogens is 2. The topological polar surface area (TPSA) is 75.4 Å². The molecule has 0 aromatic carbocycles. The highest BCUT2D eigenvalue weighted by Crippen LogP contribution is 2.19. The van der Waals surface area contributed by atoms with E-state index in [4.69, 9.17) is 5.73 Å². The largest absolute Gasteiger partial charge is 0.345 e. The third-order valence-corrected chi connectivity index (χ3v) is 4.30. The van der Waals surface area contributed by atoms with E-state index in [0.717, 1.165) is 56.4 Å². The molecule has 1 saturated heterocycles. The molecule has 2 N–H and O–H groups in total. The first-order valence-corrected chi connectivity index (χ1v) is 8.07. The maximum atomic E-state index is 12.0. The van der Waals surface area contributed by atoms with Gasteiger partial charge in [-0.25, -0.2) is 4.98 Å². The Morgan fingerprint density at radius 3 is 2.68 bits per heavy atom. The molecule has 1 aliphatic heterocycles. The van der Waals surface area contributed by atoms with Gasteiger partial charge in [0.25, 0.3) is 0 Å². The number of hydrogen-bond acceptors (Lipinski definition) is 6. The molecule has 1 fully saturated rings. The van der Waals surface area contributed by atoms with Crippen LogP contribution in [-0.2, 0) is 11.2 Å². The van der Waals surface area contributed by atoms with Crippen molar-refractivity contribution in [2.45, 2.75) is 32.6 Å². The standard InChI is InChI=1S/C13H23N5OS.2ClH/c1-2-11-15-13(20-16-11)18-8-4-7-17(9-10-18)12(19)5-3-6-14;;/h2-10,14H2,1H3;2*1H. The van der Waals surface area contributed by atoms with E-state index in [-0.39, 0.29) is 30.7 Å². The molecule has 9 heteroatoms. The van der Waals surface area contributed by atoms with Crippen molar-refractivity contribution in [2.24, 2.45) is 5.73 Å². The molecule has 0 bridgehead atoms. The number of carbonyl (C=O) groups is 1. The maximum absolute atomic E-state index is 12.0. The van der Waals surface area contributed by atoms with Crippen molar-refractivity contribution in [1.29, 1.82) is 0 Å². The molecule has 2 rings (SSSR count). The minimum atomic E-state index is 0. The molecular formula is C13H25Cl2N5OS. The third kappa shape index (κ3) is 5.87. The molecule has 0 atom stereocenters. The van der Waals surface area contributed by atoms with E-state index in [1.807, 2.05) is 4.90 Å². The Kier molecular flexibility index (Phi) is 10.7. The van der Waals surface area contributed by atoms with Crippen LogP contribution < -0.4 is 10.6 Å². The van der Waals surface area contributed by atoms with Crippen LogP contribution in [-0.4, -0.2) is 52.9 Å². The van der Waals surface area contributed by atoms with Gasteiger partial charge < -0.3 is 15.5 Å². The molecule has 1 aromatic rings. The van der Waals surface area contributed by atoms with Gasteiger partial charge in [0.1, 0.15) is 5.82 Å². The van der Waals surface area contributed by atoms with Crippen molar-refractivity contribution in [3.63, 3.8) is 0 Å². The zero-order valence-electron chi connectivity index (χ0n) is 12.9. The van der Waals surface area contributed by atoms with Gasteiger partial charge in [0.15, 0.2) is 0 Å². The average Bonchev–Trinajstić information content (AvgIpc) is 2.81. The van der Waals surface area contributed by atoms with E-state index in [1.165, 1.54) is 11.5 Å². The first-order chi connectivity index (χ1) is 9.74. The minimum Gasteiger partial charge on any atom is -0.345 e. The van der Waals surface area contributed by atoms with E-state index in [1.54, 1.807) is 0 Å². The Morgan fingerprint density at radius 2 is 2.05 bits per heavy atom. The molecule has 128 valence electrons. The van der Waals surface area contributed by atoms with Gasteiger partial charge in [0, 0.05) is 50.6 Å². The fraction of sp³-hybridized carbons (Fsp3) is 0.769. The van der Waals surface area contributed by atoms with E-state index >= 15 is 0 Å². The summed E-state index contributed by atoms with van der Waals surface area (Å²) < 4.78 is 4.33. The Hall–Kier alpha value is -0.630. The number of nitrogens with zero attached hydrogens (tertiary/aromatic N) is 4.